The van der Waals surface area contributed by atoms with Crippen molar-refractivity contribution < 1.29 is 9.50 Å². The average Bonchev–Trinajstić information content (AvgIpc) is 3.00. The number of nitrogens with one attached hydrogen (secondary N) is 1. The van der Waals surface area contributed by atoms with Crippen LogP contribution in [0.15, 0.2) is 18.2 Å². The molecular weight excluding hydrogens is 267 g/mol. The zero-order chi connectivity index (χ0) is 15.3. The fourth-order valence-electron chi connectivity index (χ4n) is 3.05. The zero-order valence-corrected chi connectivity index (χ0v) is 13.2. The first-order valence-electron chi connectivity index (χ1n) is 7.98. The van der Waals surface area contributed by atoms with Crippen molar-refractivity contribution in [3.05, 3.63) is 29.6 Å². The van der Waals surface area contributed by atoms with E-state index in [2.05, 4.69) is 17.1 Å². The number of halogens is 1. The second-order valence-corrected chi connectivity index (χ2v) is 6.25. The molecule has 1 heterocycles. The summed E-state index contributed by atoms with van der Waals surface area (Å²) in [5.74, 6) is -0.163. The molecule has 1 aromatic rings. The van der Waals surface area contributed by atoms with E-state index in [-0.39, 0.29) is 18.0 Å². The summed E-state index contributed by atoms with van der Waals surface area (Å²) in [6.07, 6.45) is 4.21. The predicted octanol–water partition coefficient (Wildman–Crippen LogP) is 3.07. The van der Waals surface area contributed by atoms with Gasteiger partial charge in [-0.15, -0.1) is 0 Å². The van der Waals surface area contributed by atoms with Crippen molar-refractivity contribution in [2.75, 3.05) is 24.6 Å². The van der Waals surface area contributed by atoms with Crippen LogP contribution in [0.4, 0.5) is 10.1 Å². The summed E-state index contributed by atoms with van der Waals surface area (Å²) in [6.45, 7) is 6.61. The van der Waals surface area contributed by atoms with Gasteiger partial charge in [0.25, 0.3) is 0 Å². The minimum atomic E-state index is -0.348. The summed E-state index contributed by atoms with van der Waals surface area (Å²) in [7, 11) is 0. The molecule has 1 atom stereocenters. The lowest BCUT2D eigenvalue weighted by atomic mass is 9.96. The Morgan fingerprint density at radius 1 is 1.33 bits per heavy atom. The van der Waals surface area contributed by atoms with Crippen molar-refractivity contribution in [3.63, 3.8) is 0 Å². The third kappa shape index (κ3) is 3.95. The lowest BCUT2D eigenvalue weighted by molar-refractivity contribution is 0.163. The summed E-state index contributed by atoms with van der Waals surface area (Å²) in [5, 5.41) is 12.9. The first-order valence-corrected chi connectivity index (χ1v) is 7.98. The third-order valence-electron chi connectivity index (χ3n) is 4.38. The maximum absolute atomic E-state index is 14.2. The molecule has 0 saturated carbocycles. The highest BCUT2D eigenvalue weighted by molar-refractivity contribution is 5.54. The maximum Gasteiger partial charge on any atom is 0.129 e. The SMILES string of the molecule is CCC[C@@](C)(CO)NCc1c(F)cccc1N1CCCC1. The van der Waals surface area contributed by atoms with Gasteiger partial charge in [-0.1, -0.05) is 19.4 Å². The first kappa shape index (κ1) is 16.2. The first-order chi connectivity index (χ1) is 10.1. The molecule has 0 unspecified atom stereocenters. The van der Waals surface area contributed by atoms with Gasteiger partial charge in [0, 0.05) is 36.4 Å². The molecule has 0 spiro atoms. The van der Waals surface area contributed by atoms with E-state index >= 15 is 0 Å². The van der Waals surface area contributed by atoms with Gasteiger partial charge in [0.15, 0.2) is 0 Å². The molecule has 1 fully saturated rings. The van der Waals surface area contributed by atoms with Crippen LogP contribution in [0, 0.1) is 5.82 Å². The molecule has 0 aliphatic carbocycles. The van der Waals surface area contributed by atoms with Gasteiger partial charge in [-0.25, -0.2) is 4.39 Å². The Hall–Kier alpha value is -1.13. The lowest BCUT2D eigenvalue weighted by Crippen LogP contribution is -2.45. The van der Waals surface area contributed by atoms with Crippen molar-refractivity contribution in [2.24, 2.45) is 0 Å². The zero-order valence-electron chi connectivity index (χ0n) is 13.2. The Morgan fingerprint density at radius 2 is 2.05 bits per heavy atom. The van der Waals surface area contributed by atoms with Crippen molar-refractivity contribution in [1.29, 1.82) is 0 Å². The van der Waals surface area contributed by atoms with Crippen LogP contribution in [0.1, 0.15) is 45.1 Å². The van der Waals surface area contributed by atoms with E-state index in [4.69, 9.17) is 0 Å². The number of anilines is 1. The molecule has 1 aromatic carbocycles. The number of hydrogen-bond donors (Lipinski definition) is 2. The van der Waals surface area contributed by atoms with Crippen LogP contribution >= 0.6 is 0 Å². The number of benzene rings is 1. The average molecular weight is 294 g/mol. The normalized spacial score (nSPS) is 18.0. The van der Waals surface area contributed by atoms with Gasteiger partial charge in [0.1, 0.15) is 5.82 Å². The van der Waals surface area contributed by atoms with Gasteiger partial charge < -0.3 is 15.3 Å². The minimum Gasteiger partial charge on any atom is -0.394 e. The molecule has 2 N–H and O–H groups in total. The molecular formula is C17H27FN2O. The Morgan fingerprint density at radius 3 is 2.67 bits per heavy atom. The van der Waals surface area contributed by atoms with Crippen LogP contribution in [-0.2, 0) is 6.54 Å². The second kappa shape index (κ2) is 7.23. The van der Waals surface area contributed by atoms with Crippen LogP contribution in [-0.4, -0.2) is 30.3 Å². The van der Waals surface area contributed by atoms with Crippen LogP contribution < -0.4 is 10.2 Å². The van der Waals surface area contributed by atoms with Gasteiger partial charge in [-0.2, -0.15) is 0 Å². The number of aliphatic hydroxyl groups excluding tert-OH is 1. The quantitative estimate of drug-likeness (QED) is 0.811. The summed E-state index contributed by atoms with van der Waals surface area (Å²) in [5.41, 5.74) is 1.37. The number of rotatable bonds is 7. The van der Waals surface area contributed by atoms with E-state index in [1.54, 1.807) is 6.07 Å². The van der Waals surface area contributed by atoms with E-state index < -0.39 is 0 Å². The highest BCUT2D eigenvalue weighted by atomic mass is 19.1. The molecule has 4 heteroatoms. The van der Waals surface area contributed by atoms with Crippen molar-refractivity contribution >= 4 is 5.69 Å². The van der Waals surface area contributed by atoms with Gasteiger partial charge >= 0.3 is 0 Å². The van der Waals surface area contributed by atoms with E-state index in [9.17, 15) is 9.50 Å². The van der Waals surface area contributed by atoms with Crippen LogP contribution in [0.2, 0.25) is 0 Å². The maximum atomic E-state index is 14.2. The fraction of sp³-hybridized carbons (Fsp3) is 0.647. The molecule has 118 valence electrons. The Bertz CT molecular complexity index is 460. The standard InChI is InChI=1S/C17H27FN2O/c1-3-9-17(2,13-21)19-12-14-15(18)7-6-8-16(14)20-10-4-5-11-20/h6-8,19,21H,3-5,9-13H2,1-2H3/t17-/m0/s1. The van der Waals surface area contributed by atoms with E-state index in [1.807, 2.05) is 13.0 Å². The van der Waals surface area contributed by atoms with Crippen molar-refractivity contribution in [1.82, 2.24) is 5.32 Å². The fourth-order valence-corrected chi connectivity index (χ4v) is 3.05. The molecule has 1 aliphatic heterocycles. The molecule has 2 rings (SSSR count). The van der Waals surface area contributed by atoms with E-state index in [0.717, 1.165) is 37.2 Å². The summed E-state index contributed by atoms with van der Waals surface area (Å²) < 4.78 is 14.2. The summed E-state index contributed by atoms with van der Waals surface area (Å²) in [6, 6.07) is 5.30. The smallest absolute Gasteiger partial charge is 0.129 e. The Kier molecular flexibility index (Phi) is 5.59. The minimum absolute atomic E-state index is 0.0638. The van der Waals surface area contributed by atoms with Crippen LogP contribution in [0.25, 0.3) is 0 Å². The predicted molar refractivity (Wildman–Crippen MR) is 85.1 cm³/mol. The third-order valence-corrected chi connectivity index (χ3v) is 4.38. The molecule has 0 amide bonds. The lowest BCUT2D eigenvalue weighted by Gasteiger charge is -2.30. The second-order valence-electron chi connectivity index (χ2n) is 6.25. The summed E-state index contributed by atoms with van der Waals surface area (Å²) in [4.78, 5) is 2.26. The van der Waals surface area contributed by atoms with Crippen molar-refractivity contribution in [3.8, 4) is 0 Å². The molecule has 3 nitrogen and oxygen atoms in total. The molecule has 0 bridgehead atoms. The number of hydrogen-bond acceptors (Lipinski definition) is 3. The van der Waals surface area contributed by atoms with Crippen LogP contribution in [0.3, 0.4) is 0 Å². The topological polar surface area (TPSA) is 35.5 Å². The summed E-state index contributed by atoms with van der Waals surface area (Å²) >= 11 is 0. The Labute approximate surface area is 127 Å². The molecule has 1 saturated heterocycles. The molecule has 0 radical (unpaired) electrons. The van der Waals surface area contributed by atoms with E-state index in [1.165, 1.54) is 18.9 Å². The molecule has 21 heavy (non-hydrogen) atoms. The molecule has 0 aromatic heterocycles. The van der Waals surface area contributed by atoms with E-state index in [0.29, 0.717) is 6.54 Å². The molecule has 1 aliphatic rings. The number of nitrogens with zero attached hydrogens (tertiary/aromatic N) is 1. The highest BCUT2D eigenvalue weighted by Crippen LogP contribution is 2.27. The number of aliphatic hydroxyl groups is 1. The van der Waals surface area contributed by atoms with Crippen molar-refractivity contribution in [2.45, 2.75) is 51.6 Å². The van der Waals surface area contributed by atoms with Gasteiger partial charge in [0.05, 0.1) is 6.61 Å². The monoisotopic (exact) mass is 294 g/mol. The van der Waals surface area contributed by atoms with Crippen LogP contribution in [0.5, 0.6) is 0 Å². The van der Waals surface area contributed by atoms with Gasteiger partial charge in [0.2, 0.25) is 0 Å². The Balaban J connectivity index is 2.15. The highest BCUT2D eigenvalue weighted by Gasteiger charge is 2.24. The largest absolute Gasteiger partial charge is 0.394 e. The van der Waals surface area contributed by atoms with Gasteiger partial charge in [-0.05, 0) is 38.3 Å². The van der Waals surface area contributed by atoms with Gasteiger partial charge in [-0.3, -0.25) is 0 Å².